The smallest absolute Gasteiger partial charge is 0.141 e. The summed E-state index contributed by atoms with van der Waals surface area (Å²) in [5, 5.41) is 0.322. The van der Waals surface area contributed by atoms with E-state index in [0.717, 1.165) is 0 Å². The molecule has 0 spiro atoms. The molecule has 0 aliphatic carbocycles. The van der Waals surface area contributed by atoms with Crippen molar-refractivity contribution in [2.24, 2.45) is 0 Å². The van der Waals surface area contributed by atoms with Gasteiger partial charge in [-0.15, -0.1) is 0 Å². The number of rotatable bonds is 1. The van der Waals surface area contributed by atoms with Gasteiger partial charge in [0.25, 0.3) is 0 Å². The van der Waals surface area contributed by atoms with Gasteiger partial charge in [0.1, 0.15) is 12.5 Å². The lowest BCUT2D eigenvalue weighted by atomic mass is 10.2. The van der Waals surface area contributed by atoms with E-state index in [9.17, 15) is 4.39 Å². The van der Waals surface area contributed by atoms with Crippen LogP contribution in [0.15, 0.2) is 6.33 Å². The summed E-state index contributed by atoms with van der Waals surface area (Å²) in [7, 11) is 0. The molecule has 0 saturated carbocycles. The summed E-state index contributed by atoms with van der Waals surface area (Å²) in [6.07, 6.45) is 0.177. The van der Waals surface area contributed by atoms with Crippen LogP contribution >= 0.6 is 11.6 Å². The Morgan fingerprint density at radius 1 is 1.55 bits per heavy atom. The van der Waals surface area contributed by atoms with Crippen LogP contribution in [0.3, 0.4) is 0 Å². The summed E-state index contributed by atoms with van der Waals surface area (Å²) in [6.45, 7) is 3.11. The highest BCUT2D eigenvalue weighted by Gasteiger charge is 2.11. The van der Waals surface area contributed by atoms with Gasteiger partial charge < -0.3 is 0 Å². The fraction of sp³-hybridized carbons (Fsp3) is 0.429. The quantitative estimate of drug-likeness (QED) is 0.654. The summed E-state index contributed by atoms with van der Waals surface area (Å²) < 4.78 is 12.7. The van der Waals surface area contributed by atoms with Gasteiger partial charge in [-0.05, 0) is 13.8 Å². The molecule has 1 atom stereocenters. The van der Waals surface area contributed by atoms with Crippen LogP contribution in [0.1, 0.15) is 24.5 Å². The predicted octanol–water partition coefficient (Wildman–Crippen LogP) is 2.47. The molecule has 1 aromatic rings. The topological polar surface area (TPSA) is 25.8 Å². The van der Waals surface area contributed by atoms with Crippen LogP contribution in [0.5, 0.6) is 0 Å². The van der Waals surface area contributed by atoms with Crippen molar-refractivity contribution in [1.82, 2.24) is 9.97 Å². The molecule has 60 valence electrons. The highest BCUT2D eigenvalue weighted by Crippen LogP contribution is 2.23. The first-order valence-corrected chi connectivity index (χ1v) is 3.61. The van der Waals surface area contributed by atoms with Gasteiger partial charge in [0, 0.05) is 0 Å². The first kappa shape index (κ1) is 8.40. The molecule has 0 aliphatic rings. The average molecular weight is 175 g/mol. The Morgan fingerprint density at radius 3 is 2.64 bits per heavy atom. The molecule has 0 saturated heterocycles. The lowest BCUT2D eigenvalue weighted by Crippen LogP contribution is -1.96. The Bertz CT molecular complexity index is 263. The first-order valence-electron chi connectivity index (χ1n) is 3.24. The Morgan fingerprint density at radius 2 is 2.18 bits per heavy atom. The lowest BCUT2D eigenvalue weighted by Gasteiger charge is -2.04. The summed E-state index contributed by atoms with van der Waals surface area (Å²) in [5.74, 6) is 0. The van der Waals surface area contributed by atoms with Crippen molar-refractivity contribution in [3.05, 3.63) is 22.7 Å². The number of hydrogen-bond donors (Lipinski definition) is 0. The van der Waals surface area contributed by atoms with Gasteiger partial charge in [0.2, 0.25) is 0 Å². The molecular formula is C7H8ClFN2. The van der Waals surface area contributed by atoms with Crippen LogP contribution in [0.4, 0.5) is 4.39 Å². The van der Waals surface area contributed by atoms with Gasteiger partial charge in [0.15, 0.2) is 0 Å². The van der Waals surface area contributed by atoms with Crippen LogP contribution in [-0.4, -0.2) is 9.97 Å². The molecule has 0 N–H and O–H groups in total. The van der Waals surface area contributed by atoms with Crippen molar-refractivity contribution in [3.8, 4) is 0 Å². The van der Waals surface area contributed by atoms with Crippen LogP contribution < -0.4 is 0 Å². The summed E-state index contributed by atoms with van der Waals surface area (Å²) in [5.41, 5.74) is 0.875. The molecule has 1 unspecified atom stereocenters. The maximum Gasteiger partial charge on any atom is 0.141 e. The second-order valence-electron chi connectivity index (χ2n) is 2.27. The van der Waals surface area contributed by atoms with E-state index < -0.39 is 6.17 Å². The van der Waals surface area contributed by atoms with Crippen LogP contribution in [0.2, 0.25) is 5.02 Å². The number of aromatic nitrogens is 2. The van der Waals surface area contributed by atoms with Crippen molar-refractivity contribution in [2.45, 2.75) is 20.0 Å². The SMILES string of the molecule is Cc1ncnc(C(C)F)c1Cl. The Balaban J connectivity index is 3.17. The molecule has 0 bridgehead atoms. The number of alkyl halides is 1. The van der Waals surface area contributed by atoms with Gasteiger partial charge in [0.05, 0.1) is 16.4 Å². The molecule has 1 aromatic heterocycles. The van der Waals surface area contributed by atoms with Gasteiger partial charge in [-0.1, -0.05) is 11.6 Å². The van der Waals surface area contributed by atoms with Crippen molar-refractivity contribution in [2.75, 3.05) is 0 Å². The third-order valence-corrected chi connectivity index (χ3v) is 1.83. The molecule has 4 heteroatoms. The van der Waals surface area contributed by atoms with Crippen molar-refractivity contribution < 1.29 is 4.39 Å². The molecule has 1 rings (SSSR count). The Labute approximate surface area is 69.4 Å². The molecule has 0 aliphatic heterocycles. The molecule has 0 fully saturated rings. The number of nitrogens with zero attached hydrogens (tertiary/aromatic N) is 2. The second-order valence-corrected chi connectivity index (χ2v) is 2.65. The Kier molecular flexibility index (Phi) is 2.39. The molecular weight excluding hydrogens is 167 g/mol. The molecule has 2 nitrogen and oxygen atoms in total. The highest BCUT2D eigenvalue weighted by molar-refractivity contribution is 6.31. The first-order chi connectivity index (χ1) is 5.13. The Hall–Kier alpha value is -0.700. The molecule has 0 amide bonds. The number of hydrogen-bond acceptors (Lipinski definition) is 2. The van der Waals surface area contributed by atoms with E-state index in [1.165, 1.54) is 13.3 Å². The maximum atomic E-state index is 12.7. The molecule has 0 aromatic carbocycles. The number of halogens is 2. The predicted molar refractivity (Wildman–Crippen MR) is 41.3 cm³/mol. The zero-order valence-electron chi connectivity index (χ0n) is 6.31. The van der Waals surface area contributed by atoms with Crippen molar-refractivity contribution in [3.63, 3.8) is 0 Å². The number of aryl methyl sites for hydroxylation is 1. The van der Waals surface area contributed by atoms with E-state index in [2.05, 4.69) is 9.97 Å². The normalized spacial score (nSPS) is 13.1. The van der Waals surface area contributed by atoms with Gasteiger partial charge >= 0.3 is 0 Å². The molecule has 1 heterocycles. The van der Waals surface area contributed by atoms with E-state index >= 15 is 0 Å². The monoisotopic (exact) mass is 174 g/mol. The van der Waals surface area contributed by atoms with E-state index in [1.807, 2.05) is 0 Å². The molecule has 11 heavy (non-hydrogen) atoms. The minimum atomic E-state index is -1.14. The van der Waals surface area contributed by atoms with Crippen LogP contribution in [0, 0.1) is 6.92 Å². The standard InChI is InChI=1S/C7H8ClFN2/c1-4(9)7-6(8)5(2)10-3-11-7/h3-4H,1-2H3. The van der Waals surface area contributed by atoms with E-state index in [-0.39, 0.29) is 5.69 Å². The zero-order valence-corrected chi connectivity index (χ0v) is 7.06. The van der Waals surface area contributed by atoms with E-state index in [0.29, 0.717) is 10.7 Å². The van der Waals surface area contributed by atoms with Crippen LogP contribution in [0.25, 0.3) is 0 Å². The van der Waals surface area contributed by atoms with Gasteiger partial charge in [-0.3, -0.25) is 0 Å². The van der Waals surface area contributed by atoms with Gasteiger partial charge in [-0.25, -0.2) is 14.4 Å². The second kappa shape index (κ2) is 3.13. The van der Waals surface area contributed by atoms with Crippen molar-refractivity contribution in [1.29, 1.82) is 0 Å². The zero-order chi connectivity index (χ0) is 8.43. The third kappa shape index (κ3) is 1.66. The molecule has 0 radical (unpaired) electrons. The fourth-order valence-electron chi connectivity index (χ4n) is 0.754. The van der Waals surface area contributed by atoms with E-state index in [1.54, 1.807) is 6.92 Å². The third-order valence-electron chi connectivity index (χ3n) is 1.37. The maximum absolute atomic E-state index is 12.7. The van der Waals surface area contributed by atoms with E-state index in [4.69, 9.17) is 11.6 Å². The summed E-state index contributed by atoms with van der Waals surface area (Å²) in [6, 6.07) is 0. The minimum absolute atomic E-state index is 0.263. The van der Waals surface area contributed by atoms with Gasteiger partial charge in [-0.2, -0.15) is 0 Å². The fourth-order valence-corrected chi connectivity index (χ4v) is 1.00. The highest BCUT2D eigenvalue weighted by atomic mass is 35.5. The van der Waals surface area contributed by atoms with Crippen LogP contribution in [-0.2, 0) is 0 Å². The van der Waals surface area contributed by atoms with Crippen molar-refractivity contribution >= 4 is 11.6 Å². The lowest BCUT2D eigenvalue weighted by molar-refractivity contribution is 0.365. The largest absolute Gasteiger partial charge is 0.241 e. The summed E-state index contributed by atoms with van der Waals surface area (Å²) >= 11 is 5.72. The average Bonchev–Trinajstić information content (AvgIpc) is 1.94. The summed E-state index contributed by atoms with van der Waals surface area (Å²) in [4.78, 5) is 7.53. The minimum Gasteiger partial charge on any atom is -0.241 e.